The van der Waals surface area contributed by atoms with Crippen LogP contribution in [-0.2, 0) is 11.0 Å². The highest BCUT2D eigenvalue weighted by molar-refractivity contribution is 5.85. The van der Waals surface area contributed by atoms with Crippen LogP contribution in [-0.4, -0.2) is 16.1 Å². The topological polar surface area (TPSA) is 53.1 Å². The first-order valence-electron chi connectivity index (χ1n) is 7.31. The van der Waals surface area contributed by atoms with Crippen molar-refractivity contribution in [2.24, 2.45) is 0 Å². The minimum absolute atomic E-state index is 0.289. The van der Waals surface area contributed by atoms with Gasteiger partial charge in [-0.05, 0) is 23.3 Å². The zero-order valence-electron chi connectivity index (χ0n) is 12.5. The van der Waals surface area contributed by atoms with Gasteiger partial charge in [-0.1, -0.05) is 36.4 Å². The van der Waals surface area contributed by atoms with Crippen LogP contribution >= 0.6 is 0 Å². The Kier molecular flexibility index (Phi) is 4.05. The molecule has 0 unspecified atom stereocenters. The number of aromatic amines is 1. The number of aliphatic carboxylic acids is 1. The Labute approximate surface area is 135 Å². The van der Waals surface area contributed by atoms with E-state index in [9.17, 15) is 23.1 Å². The number of aromatic nitrogens is 1. The fourth-order valence-corrected chi connectivity index (χ4v) is 2.90. The molecule has 24 heavy (non-hydrogen) atoms. The molecule has 0 fully saturated rings. The third kappa shape index (κ3) is 3.13. The molecule has 2 N–H and O–H groups in total. The summed E-state index contributed by atoms with van der Waals surface area (Å²) in [5, 5.41) is 10.0. The van der Waals surface area contributed by atoms with Crippen LogP contribution in [0.5, 0.6) is 0 Å². The summed E-state index contributed by atoms with van der Waals surface area (Å²) >= 11 is 0. The molecule has 0 radical (unpaired) electrons. The molecule has 1 heterocycles. The molecule has 3 aromatic rings. The van der Waals surface area contributed by atoms with Gasteiger partial charge in [0.15, 0.2) is 0 Å². The summed E-state index contributed by atoms with van der Waals surface area (Å²) in [7, 11) is 0. The zero-order chi connectivity index (χ0) is 17.3. The summed E-state index contributed by atoms with van der Waals surface area (Å²) in [6.07, 6.45) is -3.09. The van der Waals surface area contributed by atoms with E-state index in [-0.39, 0.29) is 6.42 Å². The third-order valence-electron chi connectivity index (χ3n) is 3.99. The van der Waals surface area contributed by atoms with Crippen LogP contribution in [0.3, 0.4) is 0 Å². The van der Waals surface area contributed by atoms with E-state index in [4.69, 9.17) is 0 Å². The van der Waals surface area contributed by atoms with Gasteiger partial charge >= 0.3 is 12.1 Å². The number of rotatable bonds is 4. The van der Waals surface area contributed by atoms with E-state index in [1.54, 1.807) is 6.20 Å². The smallest absolute Gasteiger partial charge is 0.416 e. The maximum absolute atomic E-state index is 13.0. The Hall–Kier alpha value is -2.76. The van der Waals surface area contributed by atoms with Crippen molar-refractivity contribution in [3.05, 3.63) is 71.4 Å². The second-order valence-electron chi connectivity index (χ2n) is 5.56. The van der Waals surface area contributed by atoms with Gasteiger partial charge in [0, 0.05) is 23.0 Å². The highest BCUT2D eigenvalue weighted by Crippen LogP contribution is 2.36. The molecule has 3 nitrogen and oxygen atoms in total. The Balaban J connectivity index is 2.12. The van der Waals surface area contributed by atoms with Gasteiger partial charge in [0.25, 0.3) is 0 Å². The summed E-state index contributed by atoms with van der Waals surface area (Å²) < 4.78 is 38.9. The van der Waals surface area contributed by atoms with E-state index in [0.717, 1.165) is 23.0 Å². The van der Waals surface area contributed by atoms with Crippen LogP contribution in [0.1, 0.15) is 29.0 Å². The first-order valence-corrected chi connectivity index (χ1v) is 7.31. The summed E-state index contributed by atoms with van der Waals surface area (Å²) in [5.41, 5.74) is 1.04. The fraction of sp³-hybridized carbons (Fsp3) is 0.167. The SMILES string of the molecule is O=C(O)C[C@@H](c1cccc(C(F)(F)F)c1)c1c[nH]c2ccccc12. The summed E-state index contributed by atoms with van der Waals surface area (Å²) in [4.78, 5) is 14.3. The Morgan fingerprint density at radius 3 is 2.58 bits per heavy atom. The number of hydrogen-bond donors (Lipinski definition) is 2. The lowest BCUT2D eigenvalue weighted by atomic mass is 9.87. The minimum Gasteiger partial charge on any atom is -0.481 e. The second kappa shape index (κ2) is 6.03. The monoisotopic (exact) mass is 333 g/mol. The fourth-order valence-electron chi connectivity index (χ4n) is 2.90. The molecule has 1 atom stereocenters. The lowest BCUT2D eigenvalue weighted by Gasteiger charge is -2.17. The molecule has 1 aromatic heterocycles. The molecule has 0 aliphatic heterocycles. The molecule has 124 valence electrons. The normalized spacial score (nSPS) is 13.1. The quantitative estimate of drug-likeness (QED) is 0.721. The number of halogens is 3. The second-order valence-corrected chi connectivity index (χ2v) is 5.56. The number of benzene rings is 2. The van der Waals surface area contributed by atoms with Crippen molar-refractivity contribution in [1.29, 1.82) is 0 Å². The molecule has 0 aliphatic carbocycles. The van der Waals surface area contributed by atoms with Crippen molar-refractivity contribution in [1.82, 2.24) is 4.98 Å². The van der Waals surface area contributed by atoms with Crippen molar-refractivity contribution in [3.8, 4) is 0 Å². The van der Waals surface area contributed by atoms with Gasteiger partial charge in [0.05, 0.1) is 12.0 Å². The van der Waals surface area contributed by atoms with E-state index < -0.39 is 23.6 Å². The van der Waals surface area contributed by atoms with Crippen molar-refractivity contribution >= 4 is 16.9 Å². The van der Waals surface area contributed by atoms with Crippen LogP contribution in [0, 0.1) is 0 Å². The van der Waals surface area contributed by atoms with Crippen molar-refractivity contribution in [2.75, 3.05) is 0 Å². The molecule has 0 amide bonds. The van der Waals surface area contributed by atoms with Crippen LogP contribution < -0.4 is 0 Å². The van der Waals surface area contributed by atoms with Crippen molar-refractivity contribution in [3.63, 3.8) is 0 Å². The number of carboxylic acid groups (broad SMARTS) is 1. The number of para-hydroxylation sites is 1. The Morgan fingerprint density at radius 1 is 1.12 bits per heavy atom. The highest BCUT2D eigenvalue weighted by Gasteiger charge is 2.31. The van der Waals surface area contributed by atoms with Crippen molar-refractivity contribution < 1.29 is 23.1 Å². The van der Waals surface area contributed by atoms with Crippen molar-refractivity contribution in [2.45, 2.75) is 18.5 Å². The van der Waals surface area contributed by atoms with Gasteiger partial charge in [-0.3, -0.25) is 4.79 Å². The van der Waals surface area contributed by atoms with Gasteiger partial charge in [-0.2, -0.15) is 13.2 Å². The lowest BCUT2D eigenvalue weighted by molar-refractivity contribution is -0.138. The van der Waals surface area contributed by atoms with E-state index >= 15 is 0 Å². The maximum atomic E-state index is 13.0. The summed E-state index contributed by atoms with van der Waals surface area (Å²) in [6, 6.07) is 12.1. The molecule has 0 aliphatic rings. The van der Waals surface area contributed by atoms with Gasteiger partial charge in [0.2, 0.25) is 0 Å². The molecule has 0 spiro atoms. The first-order chi connectivity index (χ1) is 11.4. The van der Waals surface area contributed by atoms with Gasteiger partial charge in [0.1, 0.15) is 0 Å². The third-order valence-corrected chi connectivity index (χ3v) is 3.99. The van der Waals surface area contributed by atoms with Gasteiger partial charge in [-0.25, -0.2) is 0 Å². The standard InChI is InChI=1S/C18H14F3NO2/c19-18(20,21)12-5-3-4-11(8-12)14(9-17(23)24)15-10-22-16-7-2-1-6-13(15)16/h1-8,10,14,22H,9H2,(H,23,24)/t14-/m0/s1. The van der Waals surface area contributed by atoms with Crippen LogP contribution in [0.15, 0.2) is 54.7 Å². The number of alkyl halides is 3. The average molecular weight is 333 g/mol. The molecule has 2 aromatic carbocycles. The van der Waals surface area contributed by atoms with Crippen LogP contribution in [0.2, 0.25) is 0 Å². The Bertz CT molecular complexity index is 883. The molecular formula is C18H14F3NO2. The molecule has 0 bridgehead atoms. The van der Waals surface area contributed by atoms with E-state index in [2.05, 4.69) is 4.98 Å². The zero-order valence-corrected chi connectivity index (χ0v) is 12.5. The van der Waals surface area contributed by atoms with E-state index in [1.807, 2.05) is 24.3 Å². The highest BCUT2D eigenvalue weighted by atomic mass is 19.4. The maximum Gasteiger partial charge on any atom is 0.416 e. The lowest BCUT2D eigenvalue weighted by Crippen LogP contribution is -2.10. The van der Waals surface area contributed by atoms with Crippen LogP contribution in [0.25, 0.3) is 10.9 Å². The number of H-pyrrole nitrogens is 1. The molecule has 3 rings (SSSR count). The number of nitrogens with one attached hydrogen (secondary N) is 1. The minimum atomic E-state index is -4.47. The molecule has 0 saturated carbocycles. The van der Waals surface area contributed by atoms with Gasteiger partial charge < -0.3 is 10.1 Å². The number of carbonyl (C=O) groups is 1. The predicted molar refractivity (Wildman–Crippen MR) is 83.8 cm³/mol. The molecular weight excluding hydrogens is 319 g/mol. The summed E-state index contributed by atoms with van der Waals surface area (Å²) in [5.74, 6) is -1.73. The van der Waals surface area contributed by atoms with E-state index in [0.29, 0.717) is 11.1 Å². The average Bonchev–Trinajstić information content (AvgIpc) is 2.95. The number of fused-ring (bicyclic) bond motifs is 1. The molecule has 6 heteroatoms. The number of hydrogen-bond acceptors (Lipinski definition) is 1. The largest absolute Gasteiger partial charge is 0.481 e. The predicted octanol–water partition coefficient (Wildman–Crippen LogP) is 4.79. The molecule has 0 saturated heterocycles. The Morgan fingerprint density at radius 2 is 1.88 bits per heavy atom. The van der Waals surface area contributed by atoms with E-state index in [1.165, 1.54) is 12.1 Å². The summed E-state index contributed by atoms with van der Waals surface area (Å²) in [6.45, 7) is 0. The number of carboxylic acids is 1. The van der Waals surface area contributed by atoms with Gasteiger partial charge in [-0.15, -0.1) is 0 Å². The first kappa shape index (κ1) is 16.1. The van der Waals surface area contributed by atoms with Crippen LogP contribution in [0.4, 0.5) is 13.2 Å².